The van der Waals surface area contributed by atoms with Gasteiger partial charge in [-0.05, 0) is 18.4 Å². The molecule has 0 radical (unpaired) electrons. The smallest absolute Gasteiger partial charge is 0.106 e. The molecule has 1 unspecified atom stereocenters. The highest BCUT2D eigenvalue weighted by atomic mass is 32.1. The maximum Gasteiger partial charge on any atom is 0.106 e. The van der Waals surface area contributed by atoms with Crippen molar-refractivity contribution < 1.29 is 0 Å². The highest BCUT2D eigenvalue weighted by Gasteiger charge is 2.31. The van der Waals surface area contributed by atoms with Gasteiger partial charge in [0.2, 0.25) is 0 Å². The van der Waals surface area contributed by atoms with Gasteiger partial charge in [0.15, 0.2) is 0 Å². The molecule has 15 heavy (non-hydrogen) atoms. The van der Waals surface area contributed by atoms with Gasteiger partial charge < -0.3 is 10.6 Å². The number of piperidine rings is 1. The molecule has 0 bridgehead atoms. The molecule has 0 aliphatic carbocycles. The molecule has 1 aromatic heterocycles. The quantitative estimate of drug-likeness (QED) is 0.821. The van der Waals surface area contributed by atoms with Gasteiger partial charge in [-0.3, -0.25) is 0 Å². The number of thiazole rings is 1. The normalized spacial score (nSPS) is 25.3. The Balaban J connectivity index is 1.88. The van der Waals surface area contributed by atoms with Gasteiger partial charge in [0.1, 0.15) is 5.01 Å². The van der Waals surface area contributed by atoms with Crippen LogP contribution < -0.4 is 10.6 Å². The number of nitrogens with one attached hydrogen (secondary N) is 2. The molecule has 0 aromatic carbocycles. The Morgan fingerprint density at radius 2 is 2.53 bits per heavy atom. The standard InChI is InChI=1S/C11H19N3S/c1-11(2)8-12-4-3-9(11)14-7-10-13-5-6-15-10/h5-6,9,12,14H,3-4,7-8H2,1-2H3. The zero-order chi connectivity index (χ0) is 10.7. The number of aromatic nitrogens is 1. The van der Waals surface area contributed by atoms with E-state index >= 15 is 0 Å². The van der Waals surface area contributed by atoms with Gasteiger partial charge in [-0.1, -0.05) is 13.8 Å². The van der Waals surface area contributed by atoms with Crippen LogP contribution >= 0.6 is 11.3 Å². The minimum atomic E-state index is 0.343. The van der Waals surface area contributed by atoms with Crippen molar-refractivity contribution in [2.24, 2.45) is 5.41 Å². The predicted molar refractivity (Wildman–Crippen MR) is 64.0 cm³/mol. The van der Waals surface area contributed by atoms with E-state index in [1.165, 1.54) is 11.4 Å². The third-order valence-electron chi connectivity index (χ3n) is 3.12. The predicted octanol–water partition coefficient (Wildman–Crippen LogP) is 1.62. The molecule has 1 aliphatic heterocycles. The second-order valence-corrected chi connectivity index (χ2v) is 5.79. The van der Waals surface area contributed by atoms with Gasteiger partial charge in [0, 0.05) is 30.7 Å². The number of rotatable bonds is 3. The second-order valence-electron chi connectivity index (χ2n) is 4.81. The third kappa shape index (κ3) is 2.77. The van der Waals surface area contributed by atoms with E-state index in [9.17, 15) is 0 Å². The highest BCUT2D eigenvalue weighted by Crippen LogP contribution is 2.25. The monoisotopic (exact) mass is 225 g/mol. The lowest BCUT2D eigenvalue weighted by atomic mass is 9.80. The lowest BCUT2D eigenvalue weighted by molar-refractivity contribution is 0.184. The van der Waals surface area contributed by atoms with Crippen molar-refractivity contribution in [3.63, 3.8) is 0 Å². The number of hydrogen-bond donors (Lipinski definition) is 2. The summed E-state index contributed by atoms with van der Waals surface area (Å²) in [6.45, 7) is 7.77. The van der Waals surface area contributed by atoms with Gasteiger partial charge in [-0.15, -0.1) is 11.3 Å². The maximum absolute atomic E-state index is 4.29. The van der Waals surface area contributed by atoms with Crippen LogP contribution in [0.15, 0.2) is 11.6 Å². The van der Waals surface area contributed by atoms with Crippen molar-refractivity contribution in [2.75, 3.05) is 13.1 Å². The summed E-state index contributed by atoms with van der Waals surface area (Å²) < 4.78 is 0. The second kappa shape index (κ2) is 4.60. The first kappa shape index (κ1) is 11.0. The summed E-state index contributed by atoms with van der Waals surface area (Å²) in [5.41, 5.74) is 0.343. The minimum absolute atomic E-state index is 0.343. The molecule has 1 aromatic rings. The van der Waals surface area contributed by atoms with Crippen molar-refractivity contribution >= 4 is 11.3 Å². The first-order valence-electron chi connectivity index (χ1n) is 5.51. The molecule has 1 saturated heterocycles. The van der Waals surface area contributed by atoms with Gasteiger partial charge in [0.05, 0.1) is 0 Å². The summed E-state index contributed by atoms with van der Waals surface area (Å²) in [4.78, 5) is 4.29. The van der Waals surface area contributed by atoms with Crippen LogP contribution in [0.1, 0.15) is 25.3 Å². The molecule has 4 heteroatoms. The molecule has 84 valence electrons. The van der Waals surface area contributed by atoms with Gasteiger partial charge in [-0.25, -0.2) is 4.98 Å². The molecule has 0 saturated carbocycles. The van der Waals surface area contributed by atoms with Crippen molar-refractivity contribution in [2.45, 2.75) is 32.9 Å². The van der Waals surface area contributed by atoms with E-state index in [2.05, 4.69) is 29.5 Å². The fourth-order valence-corrected chi connectivity index (χ4v) is 2.67. The SMILES string of the molecule is CC1(C)CNCCC1NCc1nccs1. The van der Waals surface area contributed by atoms with Crippen LogP contribution in [0.25, 0.3) is 0 Å². The summed E-state index contributed by atoms with van der Waals surface area (Å²) in [6, 6.07) is 0.600. The average Bonchev–Trinajstić information content (AvgIpc) is 2.68. The molecule has 3 nitrogen and oxygen atoms in total. The summed E-state index contributed by atoms with van der Waals surface area (Å²) >= 11 is 1.72. The molecule has 2 rings (SSSR count). The molecule has 1 atom stereocenters. The van der Waals surface area contributed by atoms with Crippen molar-refractivity contribution in [3.8, 4) is 0 Å². The van der Waals surface area contributed by atoms with Crippen LogP contribution in [-0.4, -0.2) is 24.1 Å². The topological polar surface area (TPSA) is 37.0 Å². The minimum Gasteiger partial charge on any atom is -0.316 e. The van der Waals surface area contributed by atoms with Gasteiger partial charge in [-0.2, -0.15) is 0 Å². The average molecular weight is 225 g/mol. The lowest BCUT2D eigenvalue weighted by Crippen LogP contribution is -2.52. The van der Waals surface area contributed by atoms with Crippen LogP contribution in [-0.2, 0) is 6.54 Å². The Bertz CT molecular complexity index is 295. The van der Waals surface area contributed by atoms with Gasteiger partial charge in [0.25, 0.3) is 0 Å². The largest absolute Gasteiger partial charge is 0.316 e. The molecular weight excluding hydrogens is 206 g/mol. The summed E-state index contributed by atoms with van der Waals surface area (Å²) in [7, 11) is 0. The summed E-state index contributed by atoms with van der Waals surface area (Å²) in [5.74, 6) is 0. The zero-order valence-corrected chi connectivity index (χ0v) is 10.2. The van der Waals surface area contributed by atoms with Crippen LogP contribution in [0.2, 0.25) is 0 Å². The number of hydrogen-bond acceptors (Lipinski definition) is 4. The van der Waals surface area contributed by atoms with E-state index < -0.39 is 0 Å². The summed E-state index contributed by atoms with van der Waals surface area (Å²) in [6.07, 6.45) is 3.08. The summed E-state index contributed by atoms with van der Waals surface area (Å²) in [5, 5.41) is 10.3. The Morgan fingerprint density at radius 1 is 1.67 bits per heavy atom. The van der Waals surface area contributed by atoms with E-state index in [0.717, 1.165) is 19.6 Å². The van der Waals surface area contributed by atoms with Crippen LogP contribution in [0, 0.1) is 5.41 Å². The Labute approximate surface area is 95.3 Å². The fraction of sp³-hybridized carbons (Fsp3) is 0.727. The fourth-order valence-electron chi connectivity index (χ4n) is 2.10. The molecule has 1 fully saturated rings. The molecule has 2 N–H and O–H groups in total. The van der Waals surface area contributed by atoms with Crippen molar-refractivity contribution in [1.29, 1.82) is 0 Å². The Hall–Kier alpha value is -0.450. The lowest BCUT2D eigenvalue weighted by Gasteiger charge is -2.39. The van der Waals surface area contributed by atoms with Crippen LogP contribution in [0.3, 0.4) is 0 Å². The molecule has 0 spiro atoms. The van der Waals surface area contributed by atoms with Gasteiger partial charge >= 0.3 is 0 Å². The highest BCUT2D eigenvalue weighted by molar-refractivity contribution is 7.09. The number of nitrogens with zero attached hydrogens (tertiary/aromatic N) is 1. The van der Waals surface area contributed by atoms with Crippen molar-refractivity contribution in [1.82, 2.24) is 15.6 Å². The van der Waals surface area contributed by atoms with E-state index in [0.29, 0.717) is 11.5 Å². The van der Waals surface area contributed by atoms with E-state index in [4.69, 9.17) is 0 Å². The van der Waals surface area contributed by atoms with Crippen LogP contribution in [0.5, 0.6) is 0 Å². The first-order chi connectivity index (χ1) is 7.18. The first-order valence-corrected chi connectivity index (χ1v) is 6.39. The van der Waals surface area contributed by atoms with Crippen LogP contribution in [0.4, 0.5) is 0 Å². The third-order valence-corrected chi connectivity index (χ3v) is 3.90. The van der Waals surface area contributed by atoms with E-state index in [1.54, 1.807) is 11.3 Å². The zero-order valence-electron chi connectivity index (χ0n) is 9.42. The molecular formula is C11H19N3S. The van der Waals surface area contributed by atoms with Crippen molar-refractivity contribution in [3.05, 3.63) is 16.6 Å². The van der Waals surface area contributed by atoms with E-state index in [-0.39, 0.29) is 0 Å². The molecule has 0 amide bonds. The Kier molecular flexibility index (Phi) is 3.38. The molecule has 2 heterocycles. The maximum atomic E-state index is 4.29. The molecule has 1 aliphatic rings. The Morgan fingerprint density at radius 3 is 3.20 bits per heavy atom. The van der Waals surface area contributed by atoms with E-state index in [1.807, 2.05) is 11.6 Å².